The van der Waals surface area contributed by atoms with E-state index in [1.54, 1.807) is 4.68 Å². The summed E-state index contributed by atoms with van der Waals surface area (Å²) in [6, 6.07) is 17.3. The monoisotopic (exact) mass is 393 g/mol. The van der Waals surface area contributed by atoms with E-state index in [0.29, 0.717) is 5.16 Å². The fourth-order valence-corrected chi connectivity index (χ4v) is 3.62. The molecule has 1 N–H and O–H groups in total. The molecule has 0 spiro atoms. The van der Waals surface area contributed by atoms with E-state index in [4.69, 9.17) is 4.42 Å². The Hall–Kier alpha value is -3.13. The van der Waals surface area contributed by atoms with Crippen LogP contribution in [0.2, 0.25) is 0 Å². The van der Waals surface area contributed by atoms with E-state index in [9.17, 15) is 4.79 Å². The van der Waals surface area contributed by atoms with Gasteiger partial charge in [0.15, 0.2) is 0 Å². The summed E-state index contributed by atoms with van der Waals surface area (Å²) < 4.78 is 7.46. The van der Waals surface area contributed by atoms with Crippen molar-refractivity contribution in [3.05, 3.63) is 65.9 Å². The van der Waals surface area contributed by atoms with E-state index in [-0.39, 0.29) is 17.7 Å². The fourth-order valence-electron chi connectivity index (χ4n) is 2.92. The van der Waals surface area contributed by atoms with Gasteiger partial charge in [-0.15, -0.1) is 5.10 Å². The second-order valence-corrected chi connectivity index (χ2v) is 7.37. The van der Waals surface area contributed by atoms with Crippen LogP contribution >= 0.6 is 11.8 Å². The smallest absolute Gasteiger partial charge is 0.231 e. The number of carbonyl (C=O) groups is 1. The van der Waals surface area contributed by atoms with Crippen molar-refractivity contribution in [2.75, 3.05) is 5.75 Å². The van der Waals surface area contributed by atoms with Crippen LogP contribution in [0.25, 0.3) is 16.7 Å². The van der Waals surface area contributed by atoms with Crippen molar-refractivity contribution in [1.82, 2.24) is 25.5 Å². The molecule has 0 saturated carbocycles. The number of para-hydroxylation sites is 2. The number of amides is 1. The number of aromatic nitrogens is 4. The minimum absolute atomic E-state index is 0.114. The van der Waals surface area contributed by atoms with Gasteiger partial charge in [-0.25, -0.2) is 0 Å². The van der Waals surface area contributed by atoms with Gasteiger partial charge in [-0.3, -0.25) is 4.79 Å². The molecule has 0 aliphatic rings. The van der Waals surface area contributed by atoms with Crippen molar-refractivity contribution in [3.63, 3.8) is 0 Å². The molecule has 0 saturated heterocycles. The Labute approximate surface area is 166 Å². The molecule has 0 bridgehead atoms. The van der Waals surface area contributed by atoms with Gasteiger partial charge in [0.1, 0.15) is 11.3 Å². The summed E-state index contributed by atoms with van der Waals surface area (Å²) in [5, 5.41) is 16.4. The zero-order valence-corrected chi connectivity index (χ0v) is 16.3. The molecule has 8 heteroatoms. The maximum absolute atomic E-state index is 12.4. The maximum Gasteiger partial charge on any atom is 0.231 e. The van der Waals surface area contributed by atoms with E-state index >= 15 is 0 Å². The highest BCUT2D eigenvalue weighted by atomic mass is 32.2. The van der Waals surface area contributed by atoms with Gasteiger partial charge >= 0.3 is 0 Å². The molecule has 4 rings (SSSR count). The summed E-state index contributed by atoms with van der Waals surface area (Å²) in [5.41, 5.74) is 2.76. The van der Waals surface area contributed by atoms with E-state index in [1.165, 1.54) is 11.8 Å². The van der Waals surface area contributed by atoms with E-state index in [0.717, 1.165) is 28.0 Å². The van der Waals surface area contributed by atoms with Gasteiger partial charge < -0.3 is 9.73 Å². The van der Waals surface area contributed by atoms with Crippen molar-refractivity contribution in [1.29, 1.82) is 0 Å². The standard InChI is InChI=1S/C20H19N5O2S/c1-13-7-3-5-9-16(13)25-20(22-23-24-25)28-12-19(26)21-14(2)18-11-15-8-4-6-10-17(15)27-18/h3-11,14H,12H2,1-2H3,(H,21,26)/t14-/m1/s1. The van der Waals surface area contributed by atoms with Crippen LogP contribution in [0.1, 0.15) is 24.3 Å². The number of aryl methyl sites for hydroxylation is 1. The first kappa shape index (κ1) is 18.2. The molecule has 0 radical (unpaired) electrons. The van der Waals surface area contributed by atoms with Crippen molar-refractivity contribution in [2.45, 2.75) is 25.0 Å². The Morgan fingerprint density at radius 1 is 1.21 bits per heavy atom. The molecule has 2 aromatic heterocycles. The number of furan rings is 1. The number of thioether (sulfide) groups is 1. The molecule has 142 valence electrons. The molecule has 0 aliphatic carbocycles. The highest BCUT2D eigenvalue weighted by Gasteiger charge is 2.16. The Morgan fingerprint density at radius 2 is 2.00 bits per heavy atom. The second-order valence-electron chi connectivity index (χ2n) is 6.42. The topological polar surface area (TPSA) is 85.8 Å². The highest BCUT2D eigenvalue weighted by molar-refractivity contribution is 7.99. The SMILES string of the molecule is Cc1ccccc1-n1nnnc1SCC(=O)N[C@H](C)c1cc2ccccc2o1. The summed E-state index contributed by atoms with van der Waals surface area (Å²) in [5.74, 6) is 0.818. The zero-order valence-electron chi connectivity index (χ0n) is 15.5. The summed E-state index contributed by atoms with van der Waals surface area (Å²) in [6.45, 7) is 3.89. The molecule has 7 nitrogen and oxygen atoms in total. The second kappa shape index (κ2) is 7.85. The number of tetrazole rings is 1. The van der Waals surface area contributed by atoms with Crippen LogP contribution < -0.4 is 5.32 Å². The van der Waals surface area contributed by atoms with Gasteiger partial charge in [-0.05, 0) is 48.0 Å². The predicted molar refractivity (Wildman–Crippen MR) is 107 cm³/mol. The van der Waals surface area contributed by atoms with Crippen molar-refractivity contribution in [3.8, 4) is 5.69 Å². The first-order valence-electron chi connectivity index (χ1n) is 8.87. The summed E-state index contributed by atoms with van der Waals surface area (Å²) in [4.78, 5) is 12.4. The van der Waals surface area contributed by atoms with Gasteiger partial charge in [0.25, 0.3) is 0 Å². The van der Waals surface area contributed by atoms with Crippen LogP contribution in [-0.2, 0) is 4.79 Å². The Kier molecular flexibility index (Phi) is 5.12. The van der Waals surface area contributed by atoms with Crippen molar-refractivity contribution in [2.24, 2.45) is 0 Å². The number of fused-ring (bicyclic) bond motifs is 1. The van der Waals surface area contributed by atoms with Crippen molar-refractivity contribution >= 4 is 28.6 Å². The Balaban J connectivity index is 1.40. The Morgan fingerprint density at radius 3 is 2.82 bits per heavy atom. The third kappa shape index (κ3) is 3.77. The molecule has 28 heavy (non-hydrogen) atoms. The molecular weight excluding hydrogens is 374 g/mol. The quantitative estimate of drug-likeness (QED) is 0.503. The third-order valence-corrected chi connectivity index (χ3v) is 5.29. The lowest BCUT2D eigenvalue weighted by Crippen LogP contribution is -2.28. The maximum atomic E-state index is 12.4. The third-order valence-electron chi connectivity index (χ3n) is 4.37. The molecule has 2 aromatic carbocycles. The molecular formula is C20H19N5O2S. The van der Waals surface area contributed by atoms with E-state index < -0.39 is 0 Å². The van der Waals surface area contributed by atoms with E-state index in [2.05, 4.69) is 20.8 Å². The fraction of sp³-hybridized carbons (Fsp3) is 0.200. The summed E-state index contributed by atoms with van der Waals surface area (Å²) in [6.07, 6.45) is 0. The minimum atomic E-state index is -0.229. The lowest BCUT2D eigenvalue weighted by Gasteiger charge is -2.11. The van der Waals surface area contributed by atoms with Gasteiger partial charge in [-0.1, -0.05) is 48.2 Å². The number of hydrogen-bond donors (Lipinski definition) is 1. The van der Waals surface area contributed by atoms with Gasteiger partial charge in [0, 0.05) is 5.39 Å². The van der Waals surface area contributed by atoms with Gasteiger partial charge in [-0.2, -0.15) is 4.68 Å². The average molecular weight is 393 g/mol. The number of nitrogens with one attached hydrogen (secondary N) is 1. The summed E-state index contributed by atoms with van der Waals surface area (Å²) in [7, 11) is 0. The largest absolute Gasteiger partial charge is 0.459 e. The first-order valence-corrected chi connectivity index (χ1v) is 9.85. The molecule has 0 aliphatic heterocycles. The van der Waals surface area contributed by atoms with Crippen LogP contribution in [0.4, 0.5) is 0 Å². The van der Waals surface area contributed by atoms with Crippen LogP contribution in [-0.4, -0.2) is 31.9 Å². The molecule has 0 fully saturated rings. The first-order chi connectivity index (χ1) is 13.6. The minimum Gasteiger partial charge on any atom is -0.459 e. The van der Waals surface area contributed by atoms with E-state index in [1.807, 2.05) is 68.4 Å². The normalized spacial score (nSPS) is 12.2. The van der Waals surface area contributed by atoms with Crippen LogP contribution in [0.15, 0.2) is 64.2 Å². The summed E-state index contributed by atoms with van der Waals surface area (Å²) >= 11 is 1.29. The zero-order chi connectivity index (χ0) is 19.5. The van der Waals surface area contributed by atoms with Gasteiger partial charge in [0.2, 0.25) is 11.1 Å². The Bertz CT molecular complexity index is 1090. The lowest BCUT2D eigenvalue weighted by molar-refractivity contribution is -0.119. The number of carbonyl (C=O) groups excluding carboxylic acids is 1. The number of benzene rings is 2. The van der Waals surface area contributed by atoms with Gasteiger partial charge in [0.05, 0.1) is 17.5 Å². The average Bonchev–Trinajstić information content (AvgIpc) is 3.33. The molecule has 1 amide bonds. The lowest BCUT2D eigenvalue weighted by atomic mass is 10.2. The highest BCUT2D eigenvalue weighted by Crippen LogP contribution is 2.24. The van der Waals surface area contributed by atoms with Crippen LogP contribution in [0, 0.1) is 6.92 Å². The molecule has 0 unspecified atom stereocenters. The molecule has 2 heterocycles. The predicted octanol–water partition coefficient (Wildman–Crippen LogP) is 3.69. The molecule has 1 atom stereocenters. The molecule has 4 aromatic rings. The van der Waals surface area contributed by atoms with Crippen LogP contribution in [0.5, 0.6) is 0 Å². The number of nitrogens with zero attached hydrogens (tertiary/aromatic N) is 4. The number of rotatable bonds is 6. The van der Waals surface area contributed by atoms with Crippen LogP contribution in [0.3, 0.4) is 0 Å². The van der Waals surface area contributed by atoms with Crippen molar-refractivity contribution < 1.29 is 9.21 Å². The number of hydrogen-bond acceptors (Lipinski definition) is 6.